The van der Waals surface area contributed by atoms with Gasteiger partial charge in [-0.05, 0) is 43.4 Å². The van der Waals surface area contributed by atoms with Crippen LogP contribution in [0.5, 0.6) is 0 Å². The van der Waals surface area contributed by atoms with Crippen molar-refractivity contribution >= 4 is 0 Å². The highest BCUT2D eigenvalue weighted by atomic mass is 15.2. The van der Waals surface area contributed by atoms with Gasteiger partial charge in [0.15, 0.2) is 0 Å². The van der Waals surface area contributed by atoms with Crippen molar-refractivity contribution < 1.29 is 0 Å². The van der Waals surface area contributed by atoms with Gasteiger partial charge in [-0.1, -0.05) is 37.3 Å². The van der Waals surface area contributed by atoms with Gasteiger partial charge in [0.2, 0.25) is 0 Å². The van der Waals surface area contributed by atoms with Crippen LogP contribution in [0.1, 0.15) is 36.9 Å². The Morgan fingerprint density at radius 2 is 2.00 bits per heavy atom. The van der Waals surface area contributed by atoms with E-state index >= 15 is 0 Å². The summed E-state index contributed by atoms with van der Waals surface area (Å²) in [5.74, 6) is 0.601. The van der Waals surface area contributed by atoms with Crippen molar-refractivity contribution in [3.8, 4) is 0 Å². The second kappa shape index (κ2) is 7.85. The number of hydrogen-bond acceptors (Lipinski definition) is 2. The summed E-state index contributed by atoms with van der Waals surface area (Å²) in [7, 11) is 2.02. The summed E-state index contributed by atoms with van der Waals surface area (Å²) in [6.45, 7) is 4.26. The zero-order chi connectivity index (χ0) is 14.2. The van der Waals surface area contributed by atoms with Gasteiger partial charge in [-0.2, -0.15) is 5.10 Å². The maximum Gasteiger partial charge on any atom is 0.0492 e. The Morgan fingerprint density at radius 1 is 1.20 bits per heavy atom. The van der Waals surface area contributed by atoms with E-state index in [1.165, 1.54) is 24.1 Å². The van der Waals surface area contributed by atoms with Gasteiger partial charge in [-0.15, -0.1) is 0 Å². The number of rotatable bonds is 8. The molecule has 108 valence electrons. The van der Waals surface area contributed by atoms with Crippen LogP contribution in [0.2, 0.25) is 0 Å². The first-order valence-electron chi connectivity index (χ1n) is 7.53. The SMILES string of the molecule is CCNCC(CCCc1ccnn1C)c1ccccc1. The van der Waals surface area contributed by atoms with Crippen molar-refractivity contribution in [3.63, 3.8) is 0 Å². The molecule has 0 aliphatic heterocycles. The molecule has 1 N–H and O–H groups in total. The molecule has 0 bridgehead atoms. The van der Waals surface area contributed by atoms with Gasteiger partial charge in [-0.3, -0.25) is 4.68 Å². The Morgan fingerprint density at radius 3 is 2.65 bits per heavy atom. The Kier molecular flexibility index (Phi) is 5.81. The van der Waals surface area contributed by atoms with Crippen molar-refractivity contribution in [1.29, 1.82) is 0 Å². The second-order valence-corrected chi connectivity index (χ2v) is 5.25. The highest BCUT2D eigenvalue weighted by molar-refractivity contribution is 5.19. The van der Waals surface area contributed by atoms with Gasteiger partial charge >= 0.3 is 0 Å². The van der Waals surface area contributed by atoms with Gasteiger partial charge in [0, 0.05) is 25.5 Å². The third-order valence-electron chi connectivity index (χ3n) is 3.82. The van der Waals surface area contributed by atoms with E-state index in [1.54, 1.807) is 0 Å². The average Bonchev–Trinajstić information content (AvgIpc) is 2.89. The summed E-state index contributed by atoms with van der Waals surface area (Å²) in [5.41, 5.74) is 2.76. The van der Waals surface area contributed by atoms with Crippen molar-refractivity contribution in [3.05, 3.63) is 53.9 Å². The molecule has 1 aromatic heterocycles. The lowest BCUT2D eigenvalue weighted by molar-refractivity contribution is 0.535. The van der Waals surface area contributed by atoms with Crippen molar-refractivity contribution in [2.45, 2.75) is 32.1 Å². The number of aromatic nitrogens is 2. The van der Waals surface area contributed by atoms with Crippen LogP contribution in [0.15, 0.2) is 42.6 Å². The standard InChI is InChI=1S/C17H25N3/c1-3-18-14-16(15-8-5-4-6-9-15)10-7-11-17-12-13-19-20(17)2/h4-6,8-9,12-13,16,18H,3,7,10-11,14H2,1-2H3. The third-order valence-corrected chi connectivity index (χ3v) is 3.82. The Balaban J connectivity index is 1.89. The highest BCUT2D eigenvalue weighted by Gasteiger charge is 2.11. The lowest BCUT2D eigenvalue weighted by Crippen LogP contribution is -2.21. The molecule has 1 atom stereocenters. The van der Waals surface area contributed by atoms with Gasteiger partial charge < -0.3 is 5.32 Å². The van der Waals surface area contributed by atoms with Crippen LogP contribution in [0.3, 0.4) is 0 Å². The minimum absolute atomic E-state index is 0.601. The summed E-state index contributed by atoms with van der Waals surface area (Å²) in [5, 5.41) is 7.71. The van der Waals surface area contributed by atoms with E-state index in [9.17, 15) is 0 Å². The Labute approximate surface area is 122 Å². The lowest BCUT2D eigenvalue weighted by Gasteiger charge is -2.17. The molecule has 0 aliphatic rings. The molecule has 0 radical (unpaired) electrons. The van der Waals surface area contributed by atoms with Gasteiger partial charge in [0.1, 0.15) is 0 Å². The van der Waals surface area contributed by atoms with Crippen LogP contribution in [0.4, 0.5) is 0 Å². The van der Waals surface area contributed by atoms with E-state index < -0.39 is 0 Å². The van der Waals surface area contributed by atoms with Crippen LogP contribution >= 0.6 is 0 Å². The fourth-order valence-electron chi connectivity index (χ4n) is 2.61. The summed E-state index contributed by atoms with van der Waals surface area (Å²) < 4.78 is 1.97. The zero-order valence-corrected chi connectivity index (χ0v) is 12.5. The molecular formula is C17H25N3. The summed E-state index contributed by atoms with van der Waals surface area (Å²) >= 11 is 0. The monoisotopic (exact) mass is 271 g/mol. The van der Waals surface area contributed by atoms with E-state index in [-0.39, 0.29) is 0 Å². The van der Waals surface area contributed by atoms with Gasteiger partial charge in [0.05, 0.1) is 0 Å². The number of benzene rings is 1. The molecule has 3 nitrogen and oxygen atoms in total. The molecule has 0 spiro atoms. The molecule has 0 saturated heterocycles. The molecule has 0 fully saturated rings. The molecule has 20 heavy (non-hydrogen) atoms. The van der Waals surface area contributed by atoms with Crippen LogP contribution in [-0.4, -0.2) is 22.9 Å². The summed E-state index contributed by atoms with van der Waals surface area (Å²) in [6.07, 6.45) is 5.39. The van der Waals surface area contributed by atoms with Crippen molar-refractivity contribution in [1.82, 2.24) is 15.1 Å². The molecule has 1 unspecified atom stereocenters. The minimum atomic E-state index is 0.601. The molecular weight excluding hydrogens is 246 g/mol. The molecule has 1 aromatic carbocycles. The second-order valence-electron chi connectivity index (χ2n) is 5.25. The van der Waals surface area contributed by atoms with E-state index in [2.05, 4.69) is 53.7 Å². The van der Waals surface area contributed by atoms with Crippen molar-refractivity contribution in [2.75, 3.05) is 13.1 Å². The zero-order valence-electron chi connectivity index (χ0n) is 12.5. The van der Waals surface area contributed by atoms with E-state index in [1.807, 2.05) is 17.9 Å². The summed E-state index contributed by atoms with van der Waals surface area (Å²) in [4.78, 5) is 0. The molecule has 2 rings (SSSR count). The smallest absolute Gasteiger partial charge is 0.0492 e. The predicted octanol–water partition coefficient (Wildman–Crippen LogP) is 3.14. The third kappa shape index (κ3) is 4.20. The van der Waals surface area contributed by atoms with Gasteiger partial charge in [-0.25, -0.2) is 0 Å². The quantitative estimate of drug-likeness (QED) is 0.799. The largest absolute Gasteiger partial charge is 0.316 e. The first kappa shape index (κ1) is 14.8. The fraction of sp³-hybridized carbons (Fsp3) is 0.471. The molecule has 3 heteroatoms. The average molecular weight is 271 g/mol. The summed E-state index contributed by atoms with van der Waals surface area (Å²) in [6, 6.07) is 13.0. The number of hydrogen-bond donors (Lipinski definition) is 1. The number of likely N-dealkylation sites (N-methyl/N-ethyl adjacent to an activating group) is 1. The lowest BCUT2D eigenvalue weighted by atomic mass is 9.93. The van der Waals surface area contributed by atoms with Crippen molar-refractivity contribution in [2.24, 2.45) is 7.05 Å². The van der Waals surface area contributed by atoms with Crippen LogP contribution in [0.25, 0.3) is 0 Å². The van der Waals surface area contributed by atoms with Gasteiger partial charge in [0.25, 0.3) is 0 Å². The number of nitrogens with zero attached hydrogens (tertiary/aromatic N) is 2. The predicted molar refractivity (Wildman–Crippen MR) is 83.9 cm³/mol. The van der Waals surface area contributed by atoms with Crippen LogP contribution in [0, 0.1) is 0 Å². The maximum atomic E-state index is 4.23. The Hall–Kier alpha value is -1.61. The molecule has 1 heterocycles. The highest BCUT2D eigenvalue weighted by Crippen LogP contribution is 2.21. The Bertz CT molecular complexity index is 490. The molecule has 0 amide bonds. The molecule has 0 saturated carbocycles. The fourth-order valence-corrected chi connectivity index (χ4v) is 2.61. The normalized spacial score (nSPS) is 12.5. The minimum Gasteiger partial charge on any atom is -0.316 e. The topological polar surface area (TPSA) is 29.9 Å². The van der Waals surface area contributed by atoms with E-state index in [0.717, 1.165) is 19.5 Å². The van der Waals surface area contributed by atoms with E-state index in [4.69, 9.17) is 0 Å². The van der Waals surface area contributed by atoms with Crippen LogP contribution in [-0.2, 0) is 13.5 Å². The van der Waals surface area contributed by atoms with E-state index in [0.29, 0.717) is 5.92 Å². The van der Waals surface area contributed by atoms with Crippen LogP contribution < -0.4 is 5.32 Å². The maximum absolute atomic E-state index is 4.23. The molecule has 2 aromatic rings. The first-order chi connectivity index (χ1) is 9.81. The first-order valence-corrected chi connectivity index (χ1v) is 7.53. The number of nitrogens with one attached hydrogen (secondary N) is 1. The number of aryl methyl sites for hydroxylation is 2. The molecule has 0 aliphatic carbocycles.